The highest BCUT2D eigenvalue weighted by Gasteiger charge is 2.29. The van der Waals surface area contributed by atoms with E-state index in [2.05, 4.69) is 15.3 Å². The average Bonchev–Trinajstić information content (AvgIpc) is 3.15. The van der Waals surface area contributed by atoms with Gasteiger partial charge in [0, 0.05) is 29.3 Å². The minimum absolute atomic E-state index is 0.0479. The van der Waals surface area contributed by atoms with Crippen LogP contribution in [-0.4, -0.2) is 43.1 Å². The van der Waals surface area contributed by atoms with Gasteiger partial charge in [-0.25, -0.2) is 22.8 Å². The summed E-state index contributed by atoms with van der Waals surface area (Å²) in [4.78, 5) is 22.9. The molecule has 2 atom stereocenters. The number of benzene rings is 1. The molecule has 160 valence electrons. The Morgan fingerprint density at radius 3 is 2.77 bits per heavy atom. The molecule has 1 saturated heterocycles. The summed E-state index contributed by atoms with van der Waals surface area (Å²) in [5, 5.41) is 4.06. The van der Waals surface area contributed by atoms with E-state index in [-0.39, 0.29) is 17.6 Å². The van der Waals surface area contributed by atoms with Crippen molar-refractivity contribution in [1.29, 1.82) is 0 Å². The SMILES string of the molecule is C[C@H](/C=C/S(C)(=O)=O)NC(=O)c1cnc(N2CCCC2c2ccc(F)cc2Cl)cn1. The van der Waals surface area contributed by atoms with Crippen molar-refractivity contribution in [2.75, 3.05) is 17.7 Å². The Bertz CT molecular complexity index is 1060. The zero-order chi connectivity index (χ0) is 21.9. The molecular weight excluding hydrogens is 431 g/mol. The molecule has 1 aromatic carbocycles. The molecule has 0 saturated carbocycles. The minimum atomic E-state index is -3.26. The summed E-state index contributed by atoms with van der Waals surface area (Å²) < 4.78 is 35.7. The number of rotatable bonds is 6. The molecule has 10 heteroatoms. The van der Waals surface area contributed by atoms with Crippen molar-refractivity contribution in [1.82, 2.24) is 15.3 Å². The summed E-state index contributed by atoms with van der Waals surface area (Å²) in [5.41, 5.74) is 0.944. The molecule has 0 radical (unpaired) electrons. The van der Waals surface area contributed by atoms with Gasteiger partial charge in [-0.15, -0.1) is 0 Å². The summed E-state index contributed by atoms with van der Waals surface area (Å²) >= 11 is 6.23. The number of anilines is 1. The maximum atomic E-state index is 13.4. The van der Waals surface area contributed by atoms with Crippen molar-refractivity contribution < 1.29 is 17.6 Å². The Morgan fingerprint density at radius 1 is 1.37 bits per heavy atom. The van der Waals surface area contributed by atoms with Gasteiger partial charge in [-0.1, -0.05) is 23.7 Å². The molecule has 1 unspecified atom stereocenters. The molecule has 3 rings (SSSR count). The predicted octanol–water partition coefficient (Wildman–Crippen LogP) is 3.29. The van der Waals surface area contributed by atoms with Gasteiger partial charge in [0.2, 0.25) is 0 Å². The van der Waals surface area contributed by atoms with Crippen LogP contribution in [0.2, 0.25) is 5.02 Å². The minimum Gasteiger partial charge on any atom is -0.348 e. The molecule has 0 spiro atoms. The van der Waals surface area contributed by atoms with Gasteiger partial charge in [0.05, 0.1) is 18.4 Å². The third kappa shape index (κ3) is 5.54. The van der Waals surface area contributed by atoms with E-state index in [9.17, 15) is 17.6 Å². The van der Waals surface area contributed by atoms with Crippen LogP contribution in [0.25, 0.3) is 0 Å². The Morgan fingerprint density at radius 2 is 2.13 bits per heavy atom. The highest BCUT2D eigenvalue weighted by molar-refractivity contribution is 7.93. The number of hydrogen-bond acceptors (Lipinski definition) is 6. The molecule has 0 aliphatic carbocycles. The fourth-order valence-electron chi connectivity index (χ4n) is 3.31. The molecule has 1 amide bonds. The third-order valence-corrected chi connectivity index (χ3v) is 5.69. The van der Waals surface area contributed by atoms with Crippen LogP contribution >= 0.6 is 11.6 Å². The van der Waals surface area contributed by atoms with Gasteiger partial charge in [-0.05, 0) is 37.5 Å². The van der Waals surface area contributed by atoms with Crippen molar-refractivity contribution in [2.24, 2.45) is 0 Å². The van der Waals surface area contributed by atoms with Crippen molar-refractivity contribution in [3.05, 3.63) is 64.2 Å². The normalized spacial score (nSPS) is 18.0. The maximum Gasteiger partial charge on any atom is 0.271 e. The third-order valence-electron chi connectivity index (χ3n) is 4.71. The second-order valence-electron chi connectivity index (χ2n) is 7.20. The lowest BCUT2D eigenvalue weighted by molar-refractivity contribution is 0.0941. The standard InChI is InChI=1S/C20H22ClFN4O3S/c1-13(7-9-30(2,28)29)25-20(27)17-11-24-19(12-23-17)26-8-3-4-18(26)15-6-5-14(22)10-16(15)21/h5-7,9-13,18H,3-4,8H2,1-2H3,(H,25,27)/b9-7+/t13-,18?/m1/s1. The first kappa shape index (κ1) is 22.2. The van der Waals surface area contributed by atoms with Gasteiger partial charge in [0.25, 0.3) is 5.91 Å². The summed E-state index contributed by atoms with van der Waals surface area (Å²) in [6, 6.07) is 3.83. The number of hydrogen-bond donors (Lipinski definition) is 1. The van der Waals surface area contributed by atoms with Crippen LogP contribution < -0.4 is 10.2 Å². The van der Waals surface area contributed by atoms with Gasteiger partial charge in [0.15, 0.2) is 9.84 Å². The van der Waals surface area contributed by atoms with Gasteiger partial charge in [-0.3, -0.25) is 4.79 Å². The van der Waals surface area contributed by atoms with Crippen molar-refractivity contribution in [3.63, 3.8) is 0 Å². The zero-order valence-electron chi connectivity index (χ0n) is 16.5. The lowest BCUT2D eigenvalue weighted by Gasteiger charge is -2.26. The van der Waals surface area contributed by atoms with E-state index >= 15 is 0 Å². The first-order chi connectivity index (χ1) is 14.1. The number of halogens is 2. The Balaban J connectivity index is 1.71. The van der Waals surface area contributed by atoms with E-state index in [1.807, 2.05) is 4.90 Å². The number of amides is 1. The molecule has 1 fully saturated rings. The summed E-state index contributed by atoms with van der Waals surface area (Å²) in [5.74, 6) is -0.247. The van der Waals surface area contributed by atoms with Crippen LogP contribution in [0.15, 0.2) is 42.1 Å². The summed E-state index contributed by atoms with van der Waals surface area (Å²) in [6.45, 7) is 2.40. The largest absolute Gasteiger partial charge is 0.348 e. The number of carbonyl (C=O) groups excluding carboxylic acids is 1. The number of nitrogens with one attached hydrogen (secondary N) is 1. The van der Waals surface area contributed by atoms with E-state index in [1.54, 1.807) is 13.0 Å². The average molecular weight is 453 g/mol. The van der Waals surface area contributed by atoms with E-state index in [1.165, 1.54) is 30.6 Å². The van der Waals surface area contributed by atoms with Crippen molar-refractivity contribution >= 4 is 33.2 Å². The number of aromatic nitrogens is 2. The van der Waals surface area contributed by atoms with Crippen LogP contribution in [-0.2, 0) is 9.84 Å². The van der Waals surface area contributed by atoms with Gasteiger partial charge < -0.3 is 10.2 Å². The van der Waals surface area contributed by atoms with Crippen LogP contribution in [0.3, 0.4) is 0 Å². The molecule has 2 heterocycles. The Kier molecular flexibility index (Phi) is 6.72. The molecule has 0 bridgehead atoms. The second-order valence-corrected chi connectivity index (χ2v) is 9.54. The quantitative estimate of drug-likeness (QED) is 0.723. The predicted molar refractivity (Wildman–Crippen MR) is 114 cm³/mol. The van der Waals surface area contributed by atoms with E-state index < -0.39 is 21.8 Å². The Hall–Kier alpha value is -2.52. The lowest BCUT2D eigenvalue weighted by atomic mass is 10.0. The van der Waals surface area contributed by atoms with Crippen LogP contribution in [0.1, 0.15) is 41.9 Å². The lowest BCUT2D eigenvalue weighted by Crippen LogP contribution is -2.32. The van der Waals surface area contributed by atoms with Crippen LogP contribution in [0, 0.1) is 5.82 Å². The van der Waals surface area contributed by atoms with E-state index in [4.69, 9.17) is 11.6 Å². The molecule has 7 nitrogen and oxygen atoms in total. The van der Waals surface area contributed by atoms with Gasteiger partial charge >= 0.3 is 0 Å². The first-order valence-electron chi connectivity index (χ1n) is 9.37. The highest BCUT2D eigenvalue weighted by atomic mass is 35.5. The van der Waals surface area contributed by atoms with Crippen molar-refractivity contribution in [3.8, 4) is 0 Å². The molecule has 1 aliphatic rings. The maximum absolute atomic E-state index is 13.4. The number of nitrogens with zero attached hydrogens (tertiary/aromatic N) is 3. The molecule has 1 N–H and O–H groups in total. The molecular formula is C20H22ClFN4O3S. The summed E-state index contributed by atoms with van der Waals surface area (Å²) in [7, 11) is -3.26. The highest BCUT2D eigenvalue weighted by Crippen LogP contribution is 2.38. The molecule has 2 aromatic rings. The first-order valence-corrected chi connectivity index (χ1v) is 11.7. The van der Waals surface area contributed by atoms with Crippen LogP contribution in [0.5, 0.6) is 0 Å². The van der Waals surface area contributed by atoms with Crippen molar-refractivity contribution in [2.45, 2.75) is 31.8 Å². The fourth-order valence-corrected chi connectivity index (χ4v) is 4.13. The fraction of sp³-hybridized carbons (Fsp3) is 0.350. The molecule has 30 heavy (non-hydrogen) atoms. The van der Waals surface area contributed by atoms with E-state index in [0.717, 1.165) is 36.6 Å². The van der Waals surface area contributed by atoms with Crippen LogP contribution in [0.4, 0.5) is 10.2 Å². The smallest absolute Gasteiger partial charge is 0.271 e. The number of sulfone groups is 1. The molecule has 1 aliphatic heterocycles. The number of carbonyl (C=O) groups is 1. The van der Waals surface area contributed by atoms with E-state index in [0.29, 0.717) is 10.8 Å². The van der Waals surface area contributed by atoms with Gasteiger partial charge in [-0.2, -0.15) is 0 Å². The zero-order valence-corrected chi connectivity index (χ0v) is 18.1. The van der Waals surface area contributed by atoms with Gasteiger partial charge in [0.1, 0.15) is 17.3 Å². The summed E-state index contributed by atoms with van der Waals surface area (Å²) in [6.07, 6.45) is 7.12. The molecule has 1 aromatic heterocycles. The second kappa shape index (κ2) is 9.09. The topological polar surface area (TPSA) is 92.3 Å². The Labute approximate surface area is 179 Å². The monoisotopic (exact) mass is 452 g/mol.